The molecule has 0 saturated heterocycles. The molecule has 0 aliphatic carbocycles. The Hall–Kier alpha value is -1.40. The van der Waals surface area contributed by atoms with Gasteiger partial charge in [0.25, 0.3) is 0 Å². The van der Waals surface area contributed by atoms with Crippen molar-refractivity contribution in [3.8, 4) is 17.6 Å². The zero-order valence-electron chi connectivity index (χ0n) is 8.74. The highest BCUT2D eigenvalue weighted by molar-refractivity contribution is 8.13. The second-order valence-electron chi connectivity index (χ2n) is 2.78. The Morgan fingerprint density at radius 2 is 2.20 bits per heavy atom. The van der Waals surface area contributed by atoms with Crippen LogP contribution in [-0.4, -0.2) is 18.0 Å². The Labute approximate surface area is 94.0 Å². The van der Waals surface area contributed by atoms with Gasteiger partial charge in [0.15, 0.2) is 5.12 Å². The van der Waals surface area contributed by atoms with Crippen LogP contribution in [0, 0.1) is 11.8 Å². The van der Waals surface area contributed by atoms with Crippen LogP contribution in [0.15, 0.2) is 24.3 Å². The van der Waals surface area contributed by atoms with Crippen molar-refractivity contribution in [2.24, 2.45) is 0 Å². The number of thioether (sulfide) groups is 1. The zero-order valence-corrected chi connectivity index (χ0v) is 9.56. The number of carbonyl (C=O) groups is 1. The molecule has 15 heavy (non-hydrogen) atoms. The largest absolute Gasteiger partial charge is 0.495 e. The van der Waals surface area contributed by atoms with Crippen molar-refractivity contribution >= 4 is 16.9 Å². The average Bonchev–Trinajstić information content (AvgIpc) is 2.24. The van der Waals surface area contributed by atoms with Crippen LogP contribution in [0.4, 0.5) is 0 Å². The van der Waals surface area contributed by atoms with Gasteiger partial charge in [-0.1, -0.05) is 35.7 Å². The van der Waals surface area contributed by atoms with Gasteiger partial charge in [-0.15, -0.1) is 0 Å². The third kappa shape index (κ3) is 4.09. The lowest BCUT2D eigenvalue weighted by atomic mass is 10.2. The van der Waals surface area contributed by atoms with Crippen LogP contribution in [0.3, 0.4) is 0 Å². The summed E-state index contributed by atoms with van der Waals surface area (Å²) in [6.45, 7) is 1.54. The smallest absolute Gasteiger partial charge is 0.186 e. The minimum Gasteiger partial charge on any atom is -0.495 e. The second-order valence-corrected chi connectivity index (χ2v) is 3.93. The van der Waals surface area contributed by atoms with E-state index in [0.717, 1.165) is 11.3 Å². The molecule has 0 aliphatic heterocycles. The van der Waals surface area contributed by atoms with Crippen LogP contribution in [-0.2, 0) is 4.79 Å². The molecule has 1 aromatic rings. The summed E-state index contributed by atoms with van der Waals surface area (Å²) in [5, 5.41) is 0.0873. The predicted octanol–water partition coefficient (Wildman–Crippen LogP) is 2.33. The van der Waals surface area contributed by atoms with Crippen LogP contribution in [0.1, 0.15) is 12.5 Å². The normalized spacial score (nSPS) is 8.93. The first-order valence-electron chi connectivity index (χ1n) is 4.49. The first kappa shape index (κ1) is 11.7. The van der Waals surface area contributed by atoms with Gasteiger partial charge >= 0.3 is 0 Å². The lowest BCUT2D eigenvalue weighted by Crippen LogP contribution is -1.87. The Balaban J connectivity index is 2.66. The fourth-order valence-corrected chi connectivity index (χ4v) is 1.36. The highest BCUT2D eigenvalue weighted by Crippen LogP contribution is 2.15. The fourth-order valence-electron chi connectivity index (χ4n) is 1.02. The van der Waals surface area contributed by atoms with E-state index in [0.29, 0.717) is 5.75 Å². The first-order chi connectivity index (χ1) is 7.24. The van der Waals surface area contributed by atoms with Crippen LogP contribution in [0.25, 0.3) is 0 Å². The standard InChI is InChI=1S/C12H12O2S/c1-10(13)15-9-5-7-11-6-3-4-8-12(11)14-2/h3-4,6,8H,9H2,1-2H3. The van der Waals surface area contributed by atoms with E-state index in [4.69, 9.17) is 4.74 Å². The minimum atomic E-state index is 0.0873. The molecule has 0 N–H and O–H groups in total. The van der Waals surface area contributed by atoms with Gasteiger partial charge in [0.2, 0.25) is 0 Å². The van der Waals surface area contributed by atoms with E-state index < -0.39 is 0 Å². The Morgan fingerprint density at radius 3 is 2.87 bits per heavy atom. The molecule has 0 radical (unpaired) electrons. The van der Waals surface area contributed by atoms with E-state index in [-0.39, 0.29) is 5.12 Å². The van der Waals surface area contributed by atoms with Gasteiger partial charge in [0, 0.05) is 6.92 Å². The van der Waals surface area contributed by atoms with Crippen molar-refractivity contribution in [1.29, 1.82) is 0 Å². The molecular weight excluding hydrogens is 208 g/mol. The third-order valence-electron chi connectivity index (χ3n) is 1.68. The molecule has 0 saturated carbocycles. The maximum Gasteiger partial charge on any atom is 0.186 e. The Kier molecular flexibility index (Phi) is 4.79. The summed E-state index contributed by atoms with van der Waals surface area (Å²) in [7, 11) is 1.62. The molecular formula is C12H12O2S. The number of benzene rings is 1. The highest BCUT2D eigenvalue weighted by atomic mass is 32.2. The summed E-state index contributed by atoms with van der Waals surface area (Å²) in [5.41, 5.74) is 0.851. The predicted molar refractivity (Wildman–Crippen MR) is 63.0 cm³/mol. The lowest BCUT2D eigenvalue weighted by molar-refractivity contribution is -0.109. The molecule has 0 fully saturated rings. The van der Waals surface area contributed by atoms with Crippen LogP contribution in [0.5, 0.6) is 5.75 Å². The van der Waals surface area contributed by atoms with Gasteiger partial charge in [-0.25, -0.2) is 0 Å². The number of rotatable bonds is 2. The molecule has 1 aromatic carbocycles. The maximum atomic E-state index is 10.6. The highest BCUT2D eigenvalue weighted by Gasteiger charge is 1.96. The van der Waals surface area contributed by atoms with Crippen molar-refractivity contribution in [3.05, 3.63) is 29.8 Å². The van der Waals surface area contributed by atoms with Gasteiger partial charge in [0.05, 0.1) is 18.4 Å². The SMILES string of the molecule is COc1ccccc1C#CCSC(C)=O. The van der Waals surface area contributed by atoms with E-state index >= 15 is 0 Å². The van der Waals surface area contributed by atoms with E-state index in [1.807, 2.05) is 24.3 Å². The van der Waals surface area contributed by atoms with Gasteiger partial charge in [-0.05, 0) is 12.1 Å². The monoisotopic (exact) mass is 220 g/mol. The molecule has 0 amide bonds. The number of para-hydroxylation sites is 1. The molecule has 0 aliphatic rings. The van der Waals surface area contributed by atoms with Gasteiger partial charge in [-0.2, -0.15) is 0 Å². The number of methoxy groups -OCH3 is 1. The summed E-state index contributed by atoms with van der Waals surface area (Å²) in [6, 6.07) is 7.56. The van der Waals surface area contributed by atoms with Crippen LogP contribution < -0.4 is 4.74 Å². The lowest BCUT2D eigenvalue weighted by Gasteiger charge is -2.00. The van der Waals surface area contributed by atoms with Crippen LogP contribution >= 0.6 is 11.8 Å². The van der Waals surface area contributed by atoms with E-state index in [1.54, 1.807) is 7.11 Å². The van der Waals surface area contributed by atoms with Crippen molar-refractivity contribution in [3.63, 3.8) is 0 Å². The Morgan fingerprint density at radius 1 is 1.47 bits per heavy atom. The minimum absolute atomic E-state index is 0.0873. The summed E-state index contributed by atoms with van der Waals surface area (Å²) >= 11 is 1.21. The fraction of sp³-hybridized carbons (Fsp3) is 0.250. The molecule has 0 atom stereocenters. The van der Waals surface area contributed by atoms with Gasteiger partial charge in [0.1, 0.15) is 5.75 Å². The summed E-state index contributed by atoms with van der Waals surface area (Å²) in [4.78, 5) is 10.6. The molecule has 0 bridgehead atoms. The molecule has 0 heterocycles. The number of carbonyl (C=O) groups excluding carboxylic acids is 1. The molecule has 0 spiro atoms. The van der Waals surface area contributed by atoms with Crippen molar-refractivity contribution in [1.82, 2.24) is 0 Å². The first-order valence-corrected chi connectivity index (χ1v) is 5.48. The number of hydrogen-bond acceptors (Lipinski definition) is 3. The average molecular weight is 220 g/mol. The molecule has 3 heteroatoms. The van der Waals surface area contributed by atoms with Crippen molar-refractivity contribution in [2.45, 2.75) is 6.92 Å². The Bertz CT molecular complexity index is 402. The van der Waals surface area contributed by atoms with Gasteiger partial charge in [-0.3, -0.25) is 4.79 Å². The topological polar surface area (TPSA) is 26.3 Å². The third-order valence-corrected chi connectivity index (χ3v) is 2.37. The maximum absolute atomic E-state index is 10.6. The van der Waals surface area contributed by atoms with Gasteiger partial charge < -0.3 is 4.74 Å². The van der Waals surface area contributed by atoms with E-state index in [1.165, 1.54) is 18.7 Å². The molecule has 0 aromatic heterocycles. The number of hydrogen-bond donors (Lipinski definition) is 0. The molecule has 2 nitrogen and oxygen atoms in total. The molecule has 78 valence electrons. The quantitative estimate of drug-likeness (QED) is 0.715. The summed E-state index contributed by atoms with van der Waals surface area (Å²) in [5.74, 6) is 7.17. The number of ether oxygens (including phenoxy) is 1. The zero-order chi connectivity index (χ0) is 11.1. The summed E-state index contributed by atoms with van der Waals surface area (Å²) in [6.07, 6.45) is 0. The van der Waals surface area contributed by atoms with Crippen molar-refractivity contribution < 1.29 is 9.53 Å². The van der Waals surface area contributed by atoms with E-state index in [9.17, 15) is 4.79 Å². The summed E-state index contributed by atoms with van der Waals surface area (Å²) < 4.78 is 5.15. The second kappa shape index (κ2) is 6.15. The molecule has 0 unspecified atom stereocenters. The molecule has 1 rings (SSSR count). The van der Waals surface area contributed by atoms with Crippen molar-refractivity contribution in [2.75, 3.05) is 12.9 Å². The van der Waals surface area contributed by atoms with E-state index in [2.05, 4.69) is 11.8 Å². The van der Waals surface area contributed by atoms with Crippen LogP contribution in [0.2, 0.25) is 0 Å².